The first kappa shape index (κ1) is 17.5. The van der Waals surface area contributed by atoms with Crippen molar-refractivity contribution in [3.8, 4) is 23.2 Å². The van der Waals surface area contributed by atoms with Crippen LogP contribution in [0.25, 0.3) is 33.3 Å². The summed E-state index contributed by atoms with van der Waals surface area (Å²) in [5, 5.41) is 28.6. The minimum Gasteiger partial charge on any atom is -0.506 e. The Morgan fingerprint density at radius 2 is 2.03 bits per heavy atom. The van der Waals surface area contributed by atoms with E-state index < -0.39 is 0 Å². The van der Waals surface area contributed by atoms with Gasteiger partial charge in [0, 0.05) is 30.2 Å². The second-order valence-electron chi connectivity index (χ2n) is 7.36. The van der Waals surface area contributed by atoms with Gasteiger partial charge in [0.1, 0.15) is 28.4 Å². The number of aromatic hydroxyl groups is 1. The molecule has 0 unspecified atom stereocenters. The number of rotatable bonds is 2. The minimum absolute atomic E-state index is 0.126. The highest BCUT2D eigenvalue weighted by Gasteiger charge is 2.20. The van der Waals surface area contributed by atoms with Gasteiger partial charge in [0.05, 0.1) is 17.3 Å². The van der Waals surface area contributed by atoms with E-state index in [2.05, 4.69) is 20.4 Å². The van der Waals surface area contributed by atoms with Gasteiger partial charge in [-0.05, 0) is 44.1 Å². The Morgan fingerprint density at radius 3 is 2.83 bits per heavy atom. The molecular weight excluding hydrogens is 366 g/mol. The molecule has 1 saturated heterocycles. The van der Waals surface area contributed by atoms with E-state index in [1.807, 2.05) is 18.2 Å². The van der Waals surface area contributed by atoms with E-state index in [0.29, 0.717) is 28.3 Å². The first-order valence-corrected chi connectivity index (χ1v) is 9.58. The van der Waals surface area contributed by atoms with E-state index in [0.717, 1.165) is 42.5 Å². The van der Waals surface area contributed by atoms with Crippen molar-refractivity contribution in [1.82, 2.24) is 30.0 Å². The maximum absolute atomic E-state index is 10.7. The molecule has 144 valence electrons. The number of aromatic nitrogens is 5. The Morgan fingerprint density at radius 1 is 1.21 bits per heavy atom. The van der Waals surface area contributed by atoms with Crippen molar-refractivity contribution in [3.63, 3.8) is 0 Å². The standard InChI is InChI=1S/C21H19N7O/c1-28-11-13-8-14(20(29)15(9-22)19(13)27-28)21-24-10-18-17(26-21)3-2-16(25-18)12-4-6-23-7-5-12/h2-3,8,10-12,23,29H,4-7H2,1H3. The Balaban J connectivity index is 1.60. The van der Waals surface area contributed by atoms with Crippen LogP contribution in [0.1, 0.15) is 30.0 Å². The van der Waals surface area contributed by atoms with E-state index >= 15 is 0 Å². The van der Waals surface area contributed by atoms with Crippen LogP contribution in [-0.2, 0) is 7.05 Å². The molecule has 29 heavy (non-hydrogen) atoms. The summed E-state index contributed by atoms with van der Waals surface area (Å²) in [5.41, 5.74) is 3.50. The first-order chi connectivity index (χ1) is 14.1. The van der Waals surface area contributed by atoms with Crippen molar-refractivity contribution >= 4 is 21.9 Å². The van der Waals surface area contributed by atoms with Crippen molar-refractivity contribution in [2.24, 2.45) is 7.05 Å². The number of phenols is 1. The summed E-state index contributed by atoms with van der Waals surface area (Å²) in [6.07, 6.45) is 5.63. The van der Waals surface area contributed by atoms with E-state index in [4.69, 9.17) is 4.98 Å². The van der Waals surface area contributed by atoms with Crippen molar-refractivity contribution in [2.75, 3.05) is 13.1 Å². The third-order valence-electron chi connectivity index (χ3n) is 5.46. The smallest absolute Gasteiger partial charge is 0.163 e. The number of fused-ring (bicyclic) bond motifs is 2. The van der Waals surface area contributed by atoms with Crippen molar-refractivity contribution in [2.45, 2.75) is 18.8 Å². The molecule has 1 aromatic carbocycles. The van der Waals surface area contributed by atoms with Crippen LogP contribution in [0.3, 0.4) is 0 Å². The summed E-state index contributed by atoms with van der Waals surface area (Å²) >= 11 is 0. The Bertz CT molecular complexity index is 1280. The number of aryl methyl sites for hydroxylation is 1. The molecule has 1 aliphatic rings. The molecule has 2 N–H and O–H groups in total. The average Bonchev–Trinajstić information content (AvgIpc) is 3.13. The van der Waals surface area contributed by atoms with Gasteiger partial charge in [0.25, 0.3) is 0 Å². The van der Waals surface area contributed by atoms with Gasteiger partial charge >= 0.3 is 0 Å². The van der Waals surface area contributed by atoms with Crippen molar-refractivity contribution in [1.29, 1.82) is 5.26 Å². The molecule has 3 aromatic heterocycles. The summed E-state index contributed by atoms with van der Waals surface area (Å²) in [6, 6.07) is 7.79. The highest BCUT2D eigenvalue weighted by Crippen LogP contribution is 2.35. The molecule has 8 heteroatoms. The molecule has 0 spiro atoms. The fourth-order valence-corrected chi connectivity index (χ4v) is 3.97. The topological polar surface area (TPSA) is 113 Å². The number of piperidine rings is 1. The number of nitriles is 1. The number of nitrogens with zero attached hydrogens (tertiary/aromatic N) is 6. The molecular formula is C21H19N7O. The number of hydrogen-bond donors (Lipinski definition) is 2. The van der Waals surface area contributed by atoms with Gasteiger partial charge in [-0.2, -0.15) is 10.4 Å². The molecule has 1 aliphatic heterocycles. The minimum atomic E-state index is -0.155. The average molecular weight is 385 g/mol. The summed E-state index contributed by atoms with van der Waals surface area (Å²) < 4.78 is 1.61. The molecule has 0 radical (unpaired) electrons. The van der Waals surface area contributed by atoms with Crippen LogP contribution in [0, 0.1) is 11.3 Å². The fraction of sp³-hybridized carbons (Fsp3) is 0.286. The predicted molar refractivity (Wildman–Crippen MR) is 108 cm³/mol. The number of hydrogen-bond acceptors (Lipinski definition) is 7. The lowest BCUT2D eigenvalue weighted by Gasteiger charge is -2.22. The highest BCUT2D eigenvalue weighted by atomic mass is 16.3. The van der Waals surface area contributed by atoms with Crippen LogP contribution in [0.5, 0.6) is 5.75 Å². The maximum atomic E-state index is 10.7. The van der Waals surface area contributed by atoms with Crippen molar-refractivity contribution in [3.05, 3.63) is 41.9 Å². The van der Waals surface area contributed by atoms with Crippen LogP contribution in [0.15, 0.2) is 30.6 Å². The Kier molecular flexibility index (Phi) is 4.11. The number of benzene rings is 1. The third kappa shape index (κ3) is 2.96. The summed E-state index contributed by atoms with van der Waals surface area (Å²) in [4.78, 5) is 13.8. The molecule has 4 heterocycles. The molecule has 1 fully saturated rings. The van der Waals surface area contributed by atoms with Gasteiger partial charge in [-0.1, -0.05) is 0 Å². The number of phenolic OH excluding ortho intramolecular Hbond substituents is 1. The molecule has 4 aromatic rings. The fourth-order valence-electron chi connectivity index (χ4n) is 3.97. The zero-order valence-electron chi connectivity index (χ0n) is 15.9. The monoisotopic (exact) mass is 385 g/mol. The SMILES string of the molecule is Cn1cc2cc(-c3ncc4nc(C5CCNCC5)ccc4n3)c(O)c(C#N)c2n1. The number of pyridine rings is 1. The van der Waals surface area contributed by atoms with Crippen LogP contribution in [0.4, 0.5) is 0 Å². The van der Waals surface area contributed by atoms with E-state index in [1.54, 1.807) is 30.2 Å². The lowest BCUT2D eigenvalue weighted by Crippen LogP contribution is -2.27. The predicted octanol–water partition coefficient (Wildman–Crippen LogP) is 2.62. The van der Waals surface area contributed by atoms with Gasteiger partial charge < -0.3 is 10.4 Å². The molecule has 0 amide bonds. The van der Waals surface area contributed by atoms with Gasteiger partial charge in [-0.25, -0.2) is 15.0 Å². The largest absolute Gasteiger partial charge is 0.506 e. The molecule has 0 aliphatic carbocycles. The zero-order chi connectivity index (χ0) is 20.0. The molecule has 0 bridgehead atoms. The van der Waals surface area contributed by atoms with E-state index in [1.165, 1.54) is 0 Å². The molecule has 0 saturated carbocycles. The maximum Gasteiger partial charge on any atom is 0.163 e. The highest BCUT2D eigenvalue weighted by molar-refractivity contribution is 5.93. The lowest BCUT2D eigenvalue weighted by atomic mass is 9.94. The number of nitrogens with one attached hydrogen (secondary N) is 1. The Labute approximate surface area is 166 Å². The summed E-state index contributed by atoms with van der Waals surface area (Å²) in [5.74, 6) is 0.654. The second kappa shape index (κ2) is 6.79. The van der Waals surface area contributed by atoms with Crippen LogP contribution >= 0.6 is 0 Å². The quantitative estimate of drug-likeness (QED) is 0.545. The van der Waals surface area contributed by atoms with Crippen LogP contribution in [-0.4, -0.2) is 42.9 Å². The van der Waals surface area contributed by atoms with Gasteiger partial charge in [-0.15, -0.1) is 0 Å². The first-order valence-electron chi connectivity index (χ1n) is 9.58. The van der Waals surface area contributed by atoms with E-state index in [9.17, 15) is 10.4 Å². The Hall–Kier alpha value is -3.57. The zero-order valence-corrected chi connectivity index (χ0v) is 15.9. The lowest BCUT2D eigenvalue weighted by molar-refractivity contribution is 0.454. The third-order valence-corrected chi connectivity index (χ3v) is 5.46. The summed E-state index contributed by atoms with van der Waals surface area (Å²) in [7, 11) is 1.77. The van der Waals surface area contributed by atoms with Crippen LogP contribution < -0.4 is 5.32 Å². The second-order valence-corrected chi connectivity index (χ2v) is 7.36. The van der Waals surface area contributed by atoms with Crippen molar-refractivity contribution < 1.29 is 5.11 Å². The molecule has 0 atom stereocenters. The van der Waals surface area contributed by atoms with Gasteiger partial charge in [0.2, 0.25) is 0 Å². The molecule has 8 nitrogen and oxygen atoms in total. The normalized spacial score (nSPS) is 15.0. The van der Waals surface area contributed by atoms with Crippen LogP contribution in [0.2, 0.25) is 0 Å². The summed E-state index contributed by atoms with van der Waals surface area (Å²) in [6.45, 7) is 2.02. The van der Waals surface area contributed by atoms with E-state index in [-0.39, 0.29) is 11.3 Å². The molecule has 5 rings (SSSR count). The van der Waals surface area contributed by atoms with Gasteiger partial charge in [0.15, 0.2) is 5.82 Å². The van der Waals surface area contributed by atoms with Gasteiger partial charge in [-0.3, -0.25) is 4.68 Å².